The molecule has 0 unspecified atom stereocenters. The van der Waals surface area contributed by atoms with E-state index < -0.39 is 0 Å². The highest BCUT2D eigenvalue weighted by Gasteiger charge is 2.15. The summed E-state index contributed by atoms with van der Waals surface area (Å²) < 4.78 is 1.97. The van der Waals surface area contributed by atoms with Crippen LogP contribution in [0, 0.1) is 5.41 Å². The van der Waals surface area contributed by atoms with Crippen LogP contribution in [0.25, 0.3) is 0 Å². The van der Waals surface area contributed by atoms with Crippen LogP contribution < -0.4 is 11.2 Å². The highest BCUT2D eigenvalue weighted by atomic mass is 16.1. The van der Waals surface area contributed by atoms with Gasteiger partial charge >= 0.3 is 0 Å². The lowest BCUT2D eigenvalue weighted by Crippen LogP contribution is -2.20. The van der Waals surface area contributed by atoms with Crippen molar-refractivity contribution >= 4 is 5.69 Å². The maximum absolute atomic E-state index is 11.1. The van der Waals surface area contributed by atoms with Crippen molar-refractivity contribution in [2.45, 2.75) is 33.7 Å². The molecule has 0 aliphatic heterocycles. The number of pyridine rings is 1. The van der Waals surface area contributed by atoms with Gasteiger partial charge in [0, 0.05) is 25.0 Å². The molecule has 1 aromatic rings. The molecular weight excluding hydrogens is 176 g/mol. The van der Waals surface area contributed by atoms with E-state index in [1.807, 2.05) is 4.57 Å². The van der Waals surface area contributed by atoms with E-state index in [9.17, 15) is 4.79 Å². The van der Waals surface area contributed by atoms with Gasteiger partial charge in [-0.1, -0.05) is 20.8 Å². The fraction of sp³-hybridized carbons (Fsp3) is 0.545. The third kappa shape index (κ3) is 2.62. The van der Waals surface area contributed by atoms with Crippen LogP contribution in [0.5, 0.6) is 0 Å². The quantitative estimate of drug-likeness (QED) is 0.798. The molecule has 0 spiro atoms. The molecule has 0 aliphatic carbocycles. The van der Waals surface area contributed by atoms with E-state index in [0.717, 1.165) is 13.0 Å². The second-order valence-electron chi connectivity index (χ2n) is 4.45. The third-order valence-electron chi connectivity index (χ3n) is 2.57. The zero-order chi connectivity index (χ0) is 10.8. The molecule has 0 saturated heterocycles. The molecule has 0 atom stereocenters. The maximum atomic E-state index is 11.1. The van der Waals surface area contributed by atoms with E-state index in [1.165, 1.54) is 6.07 Å². The fourth-order valence-electron chi connectivity index (χ4n) is 1.25. The monoisotopic (exact) mass is 194 g/mol. The summed E-state index contributed by atoms with van der Waals surface area (Å²) in [5.41, 5.74) is 6.00. The second kappa shape index (κ2) is 3.86. The van der Waals surface area contributed by atoms with E-state index in [1.54, 1.807) is 12.4 Å². The molecule has 3 nitrogen and oxygen atoms in total. The Kier molecular flexibility index (Phi) is 2.99. The van der Waals surface area contributed by atoms with Crippen LogP contribution >= 0.6 is 0 Å². The molecule has 1 heterocycles. The topological polar surface area (TPSA) is 48.0 Å². The lowest BCUT2D eigenvalue weighted by molar-refractivity contribution is 0.294. The van der Waals surface area contributed by atoms with E-state index in [2.05, 4.69) is 20.8 Å². The van der Waals surface area contributed by atoms with E-state index in [0.29, 0.717) is 5.69 Å². The van der Waals surface area contributed by atoms with Crippen molar-refractivity contribution in [1.29, 1.82) is 0 Å². The molecule has 78 valence electrons. The Morgan fingerprint density at radius 3 is 2.64 bits per heavy atom. The molecule has 0 radical (unpaired) electrons. The van der Waals surface area contributed by atoms with Gasteiger partial charge in [-0.25, -0.2) is 0 Å². The van der Waals surface area contributed by atoms with Crippen molar-refractivity contribution in [3.63, 3.8) is 0 Å². The van der Waals surface area contributed by atoms with Crippen LogP contribution in [-0.4, -0.2) is 4.57 Å². The molecule has 0 bridgehead atoms. The number of rotatable bonds is 3. The SMILES string of the molecule is CCC(C)(C)Cn1ccc(=O)c(N)c1. The van der Waals surface area contributed by atoms with Crippen molar-refractivity contribution in [2.24, 2.45) is 5.41 Å². The first-order valence-corrected chi connectivity index (χ1v) is 4.90. The van der Waals surface area contributed by atoms with Crippen LogP contribution in [0.4, 0.5) is 5.69 Å². The number of aromatic nitrogens is 1. The Labute approximate surface area is 84.6 Å². The molecule has 0 saturated carbocycles. The van der Waals surface area contributed by atoms with E-state index >= 15 is 0 Å². The van der Waals surface area contributed by atoms with Crippen LogP contribution in [0.3, 0.4) is 0 Å². The summed E-state index contributed by atoms with van der Waals surface area (Å²) in [4.78, 5) is 11.1. The molecular formula is C11H18N2O. The minimum atomic E-state index is -0.101. The highest BCUT2D eigenvalue weighted by Crippen LogP contribution is 2.21. The predicted octanol–water partition coefficient (Wildman–Crippen LogP) is 1.87. The van der Waals surface area contributed by atoms with Crippen molar-refractivity contribution < 1.29 is 0 Å². The largest absolute Gasteiger partial charge is 0.394 e. The smallest absolute Gasteiger partial charge is 0.204 e. The van der Waals surface area contributed by atoms with Crippen molar-refractivity contribution in [1.82, 2.24) is 4.57 Å². The summed E-state index contributed by atoms with van der Waals surface area (Å²) in [6.45, 7) is 7.43. The Morgan fingerprint density at radius 2 is 2.14 bits per heavy atom. The zero-order valence-corrected chi connectivity index (χ0v) is 9.08. The van der Waals surface area contributed by atoms with E-state index in [4.69, 9.17) is 5.73 Å². The minimum Gasteiger partial charge on any atom is -0.394 e. The Morgan fingerprint density at radius 1 is 1.50 bits per heavy atom. The normalized spacial score (nSPS) is 11.6. The first kappa shape index (κ1) is 10.8. The molecule has 1 rings (SSSR count). The Balaban J connectivity index is 2.88. The van der Waals surface area contributed by atoms with Crippen molar-refractivity contribution in [3.05, 3.63) is 28.7 Å². The number of hydrogen-bond donors (Lipinski definition) is 1. The number of hydrogen-bond acceptors (Lipinski definition) is 2. The number of nitrogens with zero attached hydrogens (tertiary/aromatic N) is 1. The summed E-state index contributed by atoms with van der Waals surface area (Å²) in [5.74, 6) is 0. The van der Waals surface area contributed by atoms with Crippen LogP contribution in [-0.2, 0) is 6.54 Å². The summed E-state index contributed by atoms with van der Waals surface area (Å²) >= 11 is 0. The highest BCUT2D eigenvalue weighted by molar-refractivity contribution is 5.33. The lowest BCUT2D eigenvalue weighted by Gasteiger charge is -2.24. The van der Waals surface area contributed by atoms with Gasteiger partial charge in [0.2, 0.25) is 5.43 Å². The minimum absolute atomic E-state index is 0.101. The summed E-state index contributed by atoms with van der Waals surface area (Å²) in [7, 11) is 0. The van der Waals surface area contributed by atoms with Gasteiger partial charge in [0.25, 0.3) is 0 Å². The molecule has 0 aliphatic rings. The third-order valence-corrected chi connectivity index (χ3v) is 2.57. The summed E-state index contributed by atoms with van der Waals surface area (Å²) in [6, 6.07) is 1.51. The van der Waals surface area contributed by atoms with Crippen LogP contribution in [0.15, 0.2) is 23.3 Å². The van der Waals surface area contributed by atoms with Gasteiger partial charge in [0.15, 0.2) is 0 Å². The van der Waals surface area contributed by atoms with Crippen LogP contribution in [0.2, 0.25) is 0 Å². The summed E-state index contributed by atoms with van der Waals surface area (Å²) in [5, 5.41) is 0. The average Bonchev–Trinajstić information content (AvgIpc) is 2.11. The van der Waals surface area contributed by atoms with Crippen molar-refractivity contribution in [2.75, 3.05) is 5.73 Å². The number of anilines is 1. The van der Waals surface area contributed by atoms with Crippen molar-refractivity contribution in [3.8, 4) is 0 Å². The number of nitrogen functional groups attached to an aromatic ring is 1. The van der Waals surface area contributed by atoms with Gasteiger partial charge in [0.1, 0.15) is 0 Å². The van der Waals surface area contributed by atoms with Gasteiger partial charge in [-0.2, -0.15) is 0 Å². The fourth-order valence-corrected chi connectivity index (χ4v) is 1.25. The molecule has 0 fully saturated rings. The second-order valence-corrected chi connectivity index (χ2v) is 4.45. The molecule has 0 aromatic carbocycles. The maximum Gasteiger partial charge on any atom is 0.204 e. The number of nitrogens with two attached hydrogens (primary N) is 1. The van der Waals surface area contributed by atoms with E-state index in [-0.39, 0.29) is 10.8 Å². The Bertz CT molecular complexity index is 366. The Hall–Kier alpha value is -1.25. The van der Waals surface area contributed by atoms with Gasteiger partial charge in [-0.15, -0.1) is 0 Å². The molecule has 3 heteroatoms. The first-order chi connectivity index (χ1) is 6.44. The van der Waals surface area contributed by atoms with Crippen LogP contribution in [0.1, 0.15) is 27.2 Å². The van der Waals surface area contributed by atoms with Gasteiger partial charge < -0.3 is 10.3 Å². The molecule has 14 heavy (non-hydrogen) atoms. The molecule has 0 amide bonds. The average molecular weight is 194 g/mol. The van der Waals surface area contributed by atoms with Gasteiger partial charge in [0.05, 0.1) is 5.69 Å². The zero-order valence-electron chi connectivity index (χ0n) is 9.08. The molecule has 1 aromatic heterocycles. The van der Waals surface area contributed by atoms with Gasteiger partial charge in [-0.05, 0) is 11.8 Å². The lowest BCUT2D eigenvalue weighted by atomic mass is 9.90. The molecule has 2 N–H and O–H groups in total. The standard InChI is InChI=1S/C11H18N2O/c1-4-11(2,3)8-13-6-5-10(14)9(12)7-13/h5-7H,4,8,12H2,1-3H3. The van der Waals surface area contributed by atoms with Gasteiger partial charge in [-0.3, -0.25) is 4.79 Å². The summed E-state index contributed by atoms with van der Waals surface area (Å²) in [6.07, 6.45) is 4.59. The first-order valence-electron chi connectivity index (χ1n) is 4.90. The predicted molar refractivity (Wildman–Crippen MR) is 59.2 cm³/mol.